The second kappa shape index (κ2) is 4.70. The zero-order valence-electron chi connectivity index (χ0n) is 11.5. The van der Waals surface area contributed by atoms with Crippen molar-refractivity contribution < 1.29 is 0 Å². The molecule has 18 heavy (non-hydrogen) atoms. The van der Waals surface area contributed by atoms with Crippen LogP contribution in [0.5, 0.6) is 0 Å². The quantitative estimate of drug-likeness (QED) is 0.906. The largest absolute Gasteiger partial charge is 0.383 e. The van der Waals surface area contributed by atoms with Gasteiger partial charge in [0.05, 0.1) is 11.1 Å². The average molecular weight is 281 g/mol. The minimum Gasteiger partial charge on any atom is -0.383 e. The first-order valence-electron chi connectivity index (χ1n) is 5.94. The molecule has 2 heterocycles. The van der Waals surface area contributed by atoms with Crippen molar-refractivity contribution in [3.05, 3.63) is 16.3 Å². The first-order chi connectivity index (χ1) is 8.28. The van der Waals surface area contributed by atoms with Crippen LogP contribution in [0, 0.1) is 13.8 Å². The summed E-state index contributed by atoms with van der Waals surface area (Å²) in [7, 11) is 0. The van der Waals surface area contributed by atoms with Crippen molar-refractivity contribution in [1.82, 2.24) is 9.97 Å². The van der Waals surface area contributed by atoms with Crippen LogP contribution in [-0.2, 0) is 5.75 Å². The van der Waals surface area contributed by atoms with E-state index in [4.69, 9.17) is 5.73 Å². The van der Waals surface area contributed by atoms with E-state index in [0.29, 0.717) is 5.82 Å². The van der Waals surface area contributed by atoms with Crippen LogP contribution in [-0.4, -0.2) is 14.7 Å². The fourth-order valence-electron chi connectivity index (χ4n) is 1.67. The molecule has 2 aromatic heterocycles. The third-order valence-electron chi connectivity index (χ3n) is 2.74. The molecule has 0 bridgehead atoms. The Bertz CT molecular complexity index is 582. The predicted molar refractivity (Wildman–Crippen MR) is 82.3 cm³/mol. The molecule has 0 saturated heterocycles. The molecule has 3 nitrogen and oxygen atoms in total. The van der Waals surface area contributed by atoms with Gasteiger partial charge in [-0.2, -0.15) is 0 Å². The van der Waals surface area contributed by atoms with Gasteiger partial charge in [0, 0.05) is 9.62 Å². The van der Waals surface area contributed by atoms with Crippen LogP contribution in [0.1, 0.15) is 37.0 Å². The van der Waals surface area contributed by atoms with E-state index in [1.165, 1.54) is 10.4 Å². The summed E-state index contributed by atoms with van der Waals surface area (Å²) in [5.74, 6) is 2.26. The van der Waals surface area contributed by atoms with Gasteiger partial charge in [-0.3, -0.25) is 0 Å². The predicted octanol–water partition coefficient (Wildman–Crippen LogP) is 3.92. The molecule has 2 rings (SSSR count). The van der Waals surface area contributed by atoms with E-state index in [1.54, 1.807) is 11.3 Å². The number of thiophene rings is 1. The SMILES string of the molecule is Cc1sc2nc(CSC(C)(C)C)nc(N)c2c1C. The maximum atomic E-state index is 6.06. The molecule has 0 atom stereocenters. The highest BCUT2D eigenvalue weighted by Crippen LogP contribution is 2.33. The summed E-state index contributed by atoms with van der Waals surface area (Å²) >= 11 is 3.54. The lowest BCUT2D eigenvalue weighted by Crippen LogP contribution is -2.09. The second-order valence-electron chi connectivity index (χ2n) is 5.39. The number of thioether (sulfide) groups is 1. The fourth-order valence-corrected chi connectivity index (χ4v) is 3.42. The highest BCUT2D eigenvalue weighted by molar-refractivity contribution is 7.99. The molecule has 0 amide bonds. The maximum Gasteiger partial charge on any atom is 0.142 e. The fraction of sp³-hybridized carbons (Fsp3) is 0.538. The van der Waals surface area contributed by atoms with Gasteiger partial charge in [-0.15, -0.1) is 23.1 Å². The van der Waals surface area contributed by atoms with Crippen LogP contribution in [0.2, 0.25) is 0 Å². The van der Waals surface area contributed by atoms with Gasteiger partial charge >= 0.3 is 0 Å². The summed E-state index contributed by atoms with van der Waals surface area (Å²) in [5, 5.41) is 1.03. The Morgan fingerprint density at radius 2 is 1.89 bits per heavy atom. The summed E-state index contributed by atoms with van der Waals surface area (Å²) in [5.41, 5.74) is 7.27. The molecule has 2 N–H and O–H groups in total. The number of aromatic nitrogens is 2. The molecule has 98 valence electrons. The van der Waals surface area contributed by atoms with E-state index in [-0.39, 0.29) is 4.75 Å². The van der Waals surface area contributed by atoms with Crippen LogP contribution in [0.15, 0.2) is 0 Å². The number of nitrogens with zero attached hydrogens (tertiary/aromatic N) is 2. The number of hydrogen-bond donors (Lipinski definition) is 1. The van der Waals surface area contributed by atoms with Gasteiger partial charge in [-0.05, 0) is 19.4 Å². The monoisotopic (exact) mass is 281 g/mol. The molecule has 0 aromatic carbocycles. The lowest BCUT2D eigenvalue weighted by atomic mass is 10.2. The van der Waals surface area contributed by atoms with Gasteiger partial charge < -0.3 is 5.73 Å². The van der Waals surface area contributed by atoms with E-state index in [1.807, 2.05) is 11.8 Å². The number of fused-ring (bicyclic) bond motifs is 1. The van der Waals surface area contributed by atoms with Crippen molar-refractivity contribution >= 4 is 39.1 Å². The zero-order valence-corrected chi connectivity index (χ0v) is 13.1. The van der Waals surface area contributed by atoms with E-state index in [2.05, 4.69) is 44.6 Å². The molecular formula is C13H19N3S2. The topological polar surface area (TPSA) is 51.8 Å². The minimum absolute atomic E-state index is 0.217. The normalized spacial score (nSPS) is 12.3. The molecule has 0 spiro atoms. The van der Waals surface area contributed by atoms with Gasteiger partial charge in [-0.25, -0.2) is 9.97 Å². The zero-order chi connectivity index (χ0) is 13.5. The lowest BCUT2D eigenvalue weighted by Gasteiger charge is -2.16. The third-order valence-corrected chi connectivity index (χ3v) is 5.11. The number of anilines is 1. The van der Waals surface area contributed by atoms with E-state index >= 15 is 0 Å². The highest BCUT2D eigenvalue weighted by Gasteiger charge is 2.15. The molecule has 5 heteroatoms. The van der Waals surface area contributed by atoms with Gasteiger partial charge in [0.15, 0.2) is 0 Å². The molecule has 0 radical (unpaired) electrons. The Morgan fingerprint density at radius 3 is 2.50 bits per heavy atom. The minimum atomic E-state index is 0.217. The summed E-state index contributed by atoms with van der Waals surface area (Å²) in [6, 6.07) is 0. The number of aryl methyl sites for hydroxylation is 2. The average Bonchev–Trinajstić information content (AvgIpc) is 2.51. The molecule has 0 unspecified atom stereocenters. The number of hydrogen-bond acceptors (Lipinski definition) is 5. The Morgan fingerprint density at radius 1 is 1.22 bits per heavy atom. The first kappa shape index (κ1) is 13.6. The van der Waals surface area contributed by atoms with Crippen molar-refractivity contribution in [2.45, 2.75) is 45.1 Å². The highest BCUT2D eigenvalue weighted by atomic mass is 32.2. The molecule has 2 aromatic rings. The van der Waals surface area contributed by atoms with E-state index in [0.717, 1.165) is 21.8 Å². The van der Waals surface area contributed by atoms with Crippen LogP contribution in [0.4, 0.5) is 5.82 Å². The summed E-state index contributed by atoms with van der Waals surface area (Å²) in [6.07, 6.45) is 0. The summed E-state index contributed by atoms with van der Waals surface area (Å²) in [6.45, 7) is 10.8. The number of nitrogens with two attached hydrogens (primary N) is 1. The molecule has 0 aliphatic rings. The van der Waals surface area contributed by atoms with E-state index < -0.39 is 0 Å². The van der Waals surface area contributed by atoms with Crippen molar-refractivity contribution in [3.8, 4) is 0 Å². The van der Waals surface area contributed by atoms with Crippen molar-refractivity contribution in [2.24, 2.45) is 0 Å². The Labute approximate surface area is 116 Å². The number of rotatable bonds is 2. The smallest absolute Gasteiger partial charge is 0.142 e. The molecule has 0 aliphatic heterocycles. The van der Waals surface area contributed by atoms with Gasteiger partial charge in [0.2, 0.25) is 0 Å². The van der Waals surface area contributed by atoms with Gasteiger partial charge in [0.25, 0.3) is 0 Å². The van der Waals surface area contributed by atoms with Gasteiger partial charge in [-0.1, -0.05) is 20.8 Å². The van der Waals surface area contributed by atoms with Crippen LogP contribution < -0.4 is 5.73 Å². The summed E-state index contributed by atoms with van der Waals surface area (Å²) in [4.78, 5) is 11.3. The molecule has 0 aliphatic carbocycles. The van der Waals surface area contributed by atoms with Crippen molar-refractivity contribution in [3.63, 3.8) is 0 Å². The van der Waals surface area contributed by atoms with Gasteiger partial charge in [0.1, 0.15) is 16.5 Å². The first-order valence-corrected chi connectivity index (χ1v) is 7.74. The Balaban J connectivity index is 2.38. The Hall–Kier alpha value is -0.810. The van der Waals surface area contributed by atoms with Crippen LogP contribution in [0.25, 0.3) is 10.2 Å². The number of nitrogen functional groups attached to an aromatic ring is 1. The standard InChI is InChI=1S/C13H19N3S2/c1-7-8(2)18-12-10(7)11(14)15-9(16-12)6-17-13(3,4)5/h6H2,1-5H3,(H2,14,15,16). The van der Waals surface area contributed by atoms with Crippen molar-refractivity contribution in [1.29, 1.82) is 0 Å². The van der Waals surface area contributed by atoms with Crippen LogP contribution >= 0.6 is 23.1 Å². The molecule has 0 fully saturated rings. The lowest BCUT2D eigenvalue weighted by molar-refractivity contribution is 0.800. The summed E-state index contributed by atoms with van der Waals surface area (Å²) < 4.78 is 0.217. The second-order valence-corrected chi connectivity index (χ2v) is 8.39. The van der Waals surface area contributed by atoms with E-state index in [9.17, 15) is 0 Å². The third kappa shape index (κ3) is 2.78. The van der Waals surface area contributed by atoms with Crippen molar-refractivity contribution in [2.75, 3.05) is 5.73 Å². The maximum absolute atomic E-state index is 6.06. The van der Waals surface area contributed by atoms with Crippen LogP contribution in [0.3, 0.4) is 0 Å². The Kier molecular flexibility index (Phi) is 3.56. The molecular weight excluding hydrogens is 262 g/mol. The molecule has 0 saturated carbocycles.